The summed E-state index contributed by atoms with van der Waals surface area (Å²) in [4.78, 5) is 9.84. The predicted molar refractivity (Wildman–Crippen MR) is 83.4 cm³/mol. The molecule has 1 aromatic carbocycles. The van der Waals surface area contributed by atoms with Crippen molar-refractivity contribution >= 4 is 16.7 Å². The van der Waals surface area contributed by atoms with E-state index in [9.17, 15) is 0 Å². The molecule has 1 fully saturated rings. The third-order valence-corrected chi connectivity index (χ3v) is 3.90. The molecule has 0 amide bonds. The average molecular weight is 278 g/mol. The minimum absolute atomic E-state index is 0.811. The molecule has 2 aromatic heterocycles. The van der Waals surface area contributed by atoms with Gasteiger partial charge in [-0.3, -0.25) is 0 Å². The molecule has 0 saturated carbocycles. The first kappa shape index (κ1) is 12.4. The highest BCUT2D eigenvalue weighted by Crippen LogP contribution is 2.25. The molecule has 0 atom stereocenters. The van der Waals surface area contributed by atoms with Crippen molar-refractivity contribution in [3.05, 3.63) is 48.8 Å². The lowest BCUT2D eigenvalue weighted by atomic mass is 10.1. The maximum Gasteiger partial charge on any atom is 0.137 e. The maximum absolute atomic E-state index is 5.39. The molecule has 1 radical (unpaired) electrons. The van der Waals surface area contributed by atoms with E-state index in [4.69, 9.17) is 4.74 Å². The van der Waals surface area contributed by atoms with Gasteiger partial charge in [-0.25, -0.2) is 4.98 Å². The van der Waals surface area contributed by atoms with Gasteiger partial charge in [-0.2, -0.15) is 0 Å². The summed E-state index contributed by atoms with van der Waals surface area (Å²) in [5, 5.41) is 1.02. The van der Waals surface area contributed by atoms with Crippen LogP contribution in [0.3, 0.4) is 0 Å². The summed E-state index contributed by atoms with van der Waals surface area (Å²) < 4.78 is 5.39. The predicted octanol–water partition coefficient (Wildman–Crippen LogP) is 2.87. The molecule has 0 bridgehead atoms. The number of fused-ring (bicyclic) bond motifs is 1. The van der Waals surface area contributed by atoms with Gasteiger partial charge in [0.1, 0.15) is 5.65 Å². The molecular weight excluding hydrogens is 262 g/mol. The Labute approximate surface area is 123 Å². The van der Waals surface area contributed by atoms with Crippen LogP contribution in [0.15, 0.2) is 42.7 Å². The Kier molecular flexibility index (Phi) is 3.09. The molecule has 0 unspecified atom stereocenters. The SMILES string of the molecule is [c]1c[nH]c2ncc(-c3ccc(N4CCOCC4)cc3)cc12. The van der Waals surface area contributed by atoms with E-state index >= 15 is 0 Å². The molecular formula is C17H16N3O. The molecule has 3 heterocycles. The average Bonchev–Trinajstić information content (AvgIpc) is 3.03. The van der Waals surface area contributed by atoms with Crippen molar-refractivity contribution in [2.45, 2.75) is 0 Å². The van der Waals surface area contributed by atoms with Gasteiger partial charge in [0.05, 0.1) is 13.2 Å². The highest BCUT2D eigenvalue weighted by Gasteiger charge is 2.11. The summed E-state index contributed by atoms with van der Waals surface area (Å²) >= 11 is 0. The van der Waals surface area contributed by atoms with Crippen molar-refractivity contribution < 1.29 is 4.74 Å². The molecule has 1 aliphatic heterocycles. The van der Waals surface area contributed by atoms with E-state index in [1.165, 1.54) is 11.3 Å². The summed E-state index contributed by atoms with van der Waals surface area (Å²) in [5.74, 6) is 0. The number of nitrogens with zero attached hydrogens (tertiary/aromatic N) is 2. The first-order chi connectivity index (χ1) is 10.4. The van der Waals surface area contributed by atoms with Crippen molar-refractivity contribution in [3.63, 3.8) is 0 Å². The zero-order valence-electron chi connectivity index (χ0n) is 11.7. The van der Waals surface area contributed by atoms with Crippen LogP contribution in [0.2, 0.25) is 0 Å². The van der Waals surface area contributed by atoms with E-state index in [0.717, 1.165) is 42.9 Å². The van der Waals surface area contributed by atoms with E-state index in [0.29, 0.717) is 0 Å². The van der Waals surface area contributed by atoms with Gasteiger partial charge in [-0.1, -0.05) is 12.1 Å². The molecule has 4 heteroatoms. The summed E-state index contributed by atoms with van der Waals surface area (Å²) in [7, 11) is 0. The number of hydrogen-bond acceptors (Lipinski definition) is 3. The second kappa shape index (κ2) is 5.22. The van der Waals surface area contributed by atoms with E-state index < -0.39 is 0 Å². The lowest BCUT2D eigenvalue weighted by Crippen LogP contribution is -2.36. The third kappa shape index (κ3) is 2.38. The van der Waals surface area contributed by atoms with Crippen LogP contribution in [0.1, 0.15) is 0 Å². The van der Waals surface area contributed by atoms with Gasteiger partial charge in [0.25, 0.3) is 0 Å². The van der Waals surface area contributed by atoms with E-state index in [-0.39, 0.29) is 0 Å². The first-order valence-electron chi connectivity index (χ1n) is 7.18. The Morgan fingerprint density at radius 1 is 1.10 bits per heavy atom. The molecule has 21 heavy (non-hydrogen) atoms. The van der Waals surface area contributed by atoms with Crippen LogP contribution in [0.5, 0.6) is 0 Å². The number of ether oxygens (including phenoxy) is 1. The smallest absolute Gasteiger partial charge is 0.137 e. The fourth-order valence-electron chi connectivity index (χ4n) is 2.72. The minimum atomic E-state index is 0.811. The molecule has 4 nitrogen and oxygen atoms in total. The lowest BCUT2D eigenvalue weighted by Gasteiger charge is -2.28. The number of pyridine rings is 1. The topological polar surface area (TPSA) is 41.2 Å². The van der Waals surface area contributed by atoms with Crippen molar-refractivity contribution in [1.82, 2.24) is 9.97 Å². The summed E-state index contributed by atoms with van der Waals surface area (Å²) in [6.07, 6.45) is 3.69. The number of rotatable bonds is 2. The Hall–Kier alpha value is -2.33. The normalized spacial score (nSPS) is 15.5. The zero-order chi connectivity index (χ0) is 14.1. The van der Waals surface area contributed by atoms with Gasteiger partial charge in [0, 0.05) is 48.2 Å². The number of aromatic amines is 1. The van der Waals surface area contributed by atoms with Gasteiger partial charge < -0.3 is 14.6 Å². The number of H-pyrrole nitrogens is 1. The van der Waals surface area contributed by atoms with Gasteiger partial charge in [-0.05, 0) is 23.8 Å². The number of hydrogen-bond donors (Lipinski definition) is 1. The van der Waals surface area contributed by atoms with Crippen LogP contribution in [-0.4, -0.2) is 36.3 Å². The van der Waals surface area contributed by atoms with Crippen LogP contribution in [0.4, 0.5) is 5.69 Å². The van der Waals surface area contributed by atoms with Crippen LogP contribution < -0.4 is 4.90 Å². The number of morpholine rings is 1. The number of anilines is 1. The van der Waals surface area contributed by atoms with Crippen molar-refractivity contribution in [1.29, 1.82) is 0 Å². The van der Waals surface area contributed by atoms with Crippen LogP contribution >= 0.6 is 0 Å². The molecule has 1 N–H and O–H groups in total. The largest absolute Gasteiger partial charge is 0.378 e. The number of aromatic nitrogens is 2. The Balaban J connectivity index is 1.62. The molecule has 3 aromatic rings. The Morgan fingerprint density at radius 3 is 2.71 bits per heavy atom. The van der Waals surface area contributed by atoms with Crippen LogP contribution in [0, 0.1) is 6.07 Å². The van der Waals surface area contributed by atoms with Crippen molar-refractivity contribution in [2.75, 3.05) is 31.2 Å². The lowest BCUT2D eigenvalue weighted by molar-refractivity contribution is 0.122. The summed E-state index contributed by atoms with van der Waals surface area (Å²) in [5.41, 5.74) is 4.43. The van der Waals surface area contributed by atoms with E-state index in [1.54, 1.807) is 6.20 Å². The van der Waals surface area contributed by atoms with E-state index in [1.807, 2.05) is 6.20 Å². The van der Waals surface area contributed by atoms with Crippen LogP contribution in [0.25, 0.3) is 22.2 Å². The number of benzene rings is 1. The Morgan fingerprint density at radius 2 is 1.90 bits per heavy atom. The highest BCUT2D eigenvalue weighted by molar-refractivity contribution is 5.81. The second-order valence-corrected chi connectivity index (χ2v) is 5.20. The summed E-state index contributed by atoms with van der Waals surface area (Å²) in [6, 6.07) is 13.9. The van der Waals surface area contributed by atoms with E-state index in [2.05, 4.69) is 51.3 Å². The molecule has 0 spiro atoms. The van der Waals surface area contributed by atoms with Gasteiger partial charge in [0.15, 0.2) is 0 Å². The number of nitrogens with one attached hydrogen (secondary N) is 1. The van der Waals surface area contributed by atoms with Crippen molar-refractivity contribution in [2.24, 2.45) is 0 Å². The molecule has 1 saturated heterocycles. The quantitative estimate of drug-likeness (QED) is 0.783. The third-order valence-electron chi connectivity index (χ3n) is 3.90. The fraction of sp³-hybridized carbons (Fsp3) is 0.235. The van der Waals surface area contributed by atoms with Gasteiger partial charge in [-0.15, -0.1) is 0 Å². The van der Waals surface area contributed by atoms with Crippen molar-refractivity contribution in [3.8, 4) is 11.1 Å². The Bertz CT molecular complexity index is 742. The standard InChI is InChI=1S/C17H16N3O/c1-3-16(20-7-9-21-10-8-20)4-2-13(1)15-11-14-5-6-18-17(14)19-12-15/h1-4,6,11-12H,7-10H2,(H,18,19). The molecule has 1 aliphatic rings. The first-order valence-corrected chi connectivity index (χ1v) is 7.18. The zero-order valence-corrected chi connectivity index (χ0v) is 11.7. The van der Waals surface area contributed by atoms with Gasteiger partial charge >= 0.3 is 0 Å². The molecule has 105 valence electrons. The second-order valence-electron chi connectivity index (χ2n) is 5.20. The minimum Gasteiger partial charge on any atom is -0.378 e. The monoisotopic (exact) mass is 278 g/mol. The fourth-order valence-corrected chi connectivity index (χ4v) is 2.72. The maximum atomic E-state index is 5.39. The molecule has 0 aliphatic carbocycles. The van der Waals surface area contributed by atoms with Crippen LogP contribution in [-0.2, 0) is 4.74 Å². The van der Waals surface area contributed by atoms with Gasteiger partial charge in [0.2, 0.25) is 0 Å². The summed E-state index contributed by atoms with van der Waals surface area (Å²) in [6.45, 7) is 3.55. The molecule has 4 rings (SSSR count). The highest BCUT2D eigenvalue weighted by atomic mass is 16.5.